The number of aliphatic carboxylic acids is 1. The Kier molecular flexibility index (Phi) is 11.0. The Labute approximate surface area is 165 Å². The van der Waals surface area contributed by atoms with Crippen molar-refractivity contribution in [3.05, 3.63) is 0 Å². The van der Waals surface area contributed by atoms with Gasteiger partial charge in [-0.3, -0.25) is 19.2 Å². The largest absolute Gasteiger partial charge is 0.480 e. The Balaban J connectivity index is 5.05. The number of hydrogen-bond donors (Lipinski definition) is 6. The van der Waals surface area contributed by atoms with Crippen LogP contribution in [0, 0.1) is 11.8 Å². The van der Waals surface area contributed by atoms with Crippen LogP contribution in [0.3, 0.4) is 0 Å². The third-order valence-corrected chi connectivity index (χ3v) is 4.72. The molecule has 27 heavy (non-hydrogen) atoms. The average molecular weight is 405 g/mol. The Morgan fingerprint density at radius 3 is 1.93 bits per heavy atom. The molecule has 10 heteroatoms. The Bertz CT molecular complexity index is 543. The first kappa shape index (κ1) is 25.2. The Hall–Kier alpha value is -1.81. The van der Waals surface area contributed by atoms with Crippen molar-refractivity contribution in [2.24, 2.45) is 17.6 Å². The third kappa shape index (κ3) is 8.17. The summed E-state index contributed by atoms with van der Waals surface area (Å²) in [6.07, 6.45) is 0.712. The van der Waals surface area contributed by atoms with Crippen molar-refractivity contribution in [1.82, 2.24) is 16.0 Å². The summed E-state index contributed by atoms with van der Waals surface area (Å²) >= 11 is 4.09. The van der Waals surface area contributed by atoms with Crippen LogP contribution in [0.4, 0.5) is 0 Å². The van der Waals surface area contributed by atoms with Crippen molar-refractivity contribution in [2.75, 3.05) is 5.75 Å². The summed E-state index contributed by atoms with van der Waals surface area (Å²) in [6.45, 7) is 8.49. The van der Waals surface area contributed by atoms with Gasteiger partial charge in [0, 0.05) is 5.75 Å². The van der Waals surface area contributed by atoms with Gasteiger partial charge in [0.2, 0.25) is 17.7 Å². The molecule has 5 atom stereocenters. The number of nitrogens with one attached hydrogen (secondary N) is 3. The van der Waals surface area contributed by atoms with Crippen LogP contribution >= 0.6 is 12.6 Å². The average Bonchev–Trinajstić information content (AvgIpc) is 2.61. The summed E-state index contributed by atoms with van der Waals surface area (Å²) in [4.78, 5) is 47.9. The van der Waals surface area contributed by atoms with E-state index in [0.29, 0.717) is 6.42 Å². The molecule has 0 bridgehead atoms. The first-order valence-electron chi connectivity index (χ1n) is 8.96. The van der Waals surface area contributed by atoms with Crippen LogP contribution in [-0.2, 0) is 19.2 Å². The lowest BCUT2D eigenvalue weighted by molar-refractivity contribution is -0.142. The smallest absolute Gasteiger partial charge is 0.325 e. The minimum Gasteiger partial charge on any atom is -0.480 e. The van der Waals surface area contributed by atoms with Crippen LogP contribution in [0.5, 0.6) is 0 Å². The summed E-state index contributed by atoms with van der Waals surface area (Å²) < 4.78 is 0. The van der Waals surface area contributed by atoms with E-state index in [1.165, 1.54) is 6.92 Å². The zero-order valence-corrected chi connectivity index (χ0v) is 17.4. The number of nitrogens with two attached hydrogens (primary N) is 1. The number of hydrogen-bond acceptors (Lipinski definition) is 6. The number of carbonyl (C=O) groups is 4. The lowest BCUT2D eigenvalue weighted by Crippen LogP contribution is -2.59. The SMILES string of the molecule is CCC(C)C(N)C(=O)NC(CS)C(=O)NC(C(=O)NC(C)C(=O)O)C(C)C. The third-order valence-electron chi connectivity index (χ3n) is 4.35. The molecule has 9 nitrogen and oxygen atoms in total. The molecule has 0 fully saturated rings. The molecular formula is C17H32N4O5S. The van der Waals surface area contributed by atoms with Gasteiger partial charge in [0.15, 0.2) is 0 Å². The maximum atomic E-state index is 12.5. The van der Waals surface area contributed by atoms with Crippen LogP contribution in [0.2, 0.25) is 0 Å². The first-order valence-corrected chi connectivity index (χ1v) is 9.59. The van der Waals surface area contributed by atoms with Crippen molar-refractivity contribution in [2.45, 2.75) is 65.2 Å². The summed E-state index contributed by atoms with van der Waals surface area (Å²) in [7, 11) is 0. The number of thiol groups is 1. The lowest BCUT2D eigenvalue weighted by Gasteiger charge is -2.26. The zero-order chi connectivity index (χ0) is 21.3. The highest BCUT2D eigenvalue weighted by atomic mass is 32.1. The summed E-state index contributed by atoms with van der Waals surface area (Å²) in [6, 6.07) is -3.78. The van der Waals surface area contributed by atoms with Crippen LogP contribution in [-0.4, -0.2) is 58.7 Å². The van der Waals surface area contributed by atoms with Crippen molar-refractivity contribution in [1.29, 1.82) is 0 Å². The fraction of sp³-hybridized carbons (Fsp3) is 0.765. The molecule has 6 N–H and O–H groups in total. The van der Waals surface area contributed by atoms with Crippen LogP contribution in [0.25, 0.3) is 0 Å². The molecule has 0 aliphatic carbocycles. The molecule has 3 amide bonds. The second kappa shape index (κ2) is 11.8. The molecule has 0 radical (unpaired) electrons. The Morgan fingerprint density at radius 1 is 0.963 bits per heavy atom. The molecule has 0 aliphatic heterocycles. The molecular weight excluding hydrogens is 372 g/mol. The molecule has 0 spiro atoms. The Morgan fingerprint density at radius 2 is 1.52 bits per heavy atom. The molecule has 0 heterocycles. The summed E-state index contributed by atoms with van der Waals surface area (Å²) in [5.74, 6) is -3.20. The van der Waals surface area contributed by atoms with Gasteiger partial charge in [-0.05, 0) is 18.8 Å². The van der Waals surface area contributed by atoms with E-state index in [2.05, 4.69) is 28.6 Å². The van der Waals surface area contributed by atoms with Gasteiger partial charge in [-0.2, -0.15) is 12.6 Å². The maximum Gasteiger partial charge on any atom is 0.325 e. The van der Waals surface area contributed by atoms with Crippen molar-refractivity contribution in [3.63, 3.8) is 0 Å². The predicted octanol–water partition coefficient (Wildman–Crippen LogP) is -0.495. The van der Waals surface area contributed by atoms with Gasteiger partial charge in [0.05, 0.1) is 6.04 Å². The first-order chi connectivity index (χ1) is 12.5. The maximum absolute atomic E-state index is 12.5. The summed E-state index contributed by atoms with van der Waals surface area (Å²) in [5, 5.41) is 16.3. The fourth-order valence-electron chi connectivity index (χ4n) is 2.13. The van der Waals surface area contributed by atoms with Crippen LogP contribution < -0.4 is 21.7 Å². The normalized spacial score (nSPS) is 16.6. The molecule has 0 saturated carbocycles. The monoisotopic (exact) mass is 404 g/mol. The minimum absolute atomic E-state index is 0.0166. The van der Waals surface area contributed by atoms with E-state index in [-0.39, 0.29) is 17.6 Å². The van der Waals surface area contributed by atoms with Crippen LogP contribution in [0.15, 0.2) is 0 Å². The minimum atomic E-state index is -1.18. The van der Waals surface area contributed by atoms with E-state index in [1.54, 1.807) is 13.8 Å². The van der Waals surface area contributed by atoms with Gasteiger partial charge in [-0.25, -0.2) is 0 Å². The van der Waals surface area contributed by atoms with E-state index >= 15 is 0 Å². The van der Waals surface area contributed by atoms with E-state index in [1.807, 2.05) is 13.8 Å². The van der Waals surface area contributed by atoms with E-state index in [9.17, 15) is 19.2 Å². The molecule has 0 aromatic rings. The summed E-state index contributed by atoms with van der Waals surface area (Å²) in [5.41, 5.74) is 5.87. The highest BCUT2D eigenvalue weighted by Gasteiger charge is 2.31. The van der Waals surface area contributed by atoms with E-state index in [0.717, 1.165) is 0 Å². The molecule has 0 aromatic carbocycles. The number of amides is 3. The van der Waals surface area contributed by atoms with Gasteiger partial charge in [0.1, 0.15) is 18.1 Å². The molecule has 0 aromatic heterocycles. The highest BCUT2D eigenvalue weighted by molar-refractivity contribution is 7.80. The quantitative estimate of drug-likeness (QED) is 0.256. The number of rotatable bonds is 11. The number of carboxylic acid groups (broad SMARTS) is 1. The fourth-order valence-corrected chi connectivity index (χ4v) is 2.39. The standard InChI is InChI=1S/C17H32N4O5S/c1-6-9(4)12(18)15(23)20-11(7-27)14(22)21-13(8(2)3)16(24)19-10(5)17(25)26/h8-13,27H,6-7,18H2,1-5H3,(H,19,24)(H,20,23)(H,21,22)(H,25,26). The van der Waals surface area contributed by atoms with E-state index < -0.39 is 47.9 Å². The van der Waals surface area contributed by atoms with Gasteiger partial charge < -0.3 is 26.8 Å². The second-order valence-corrected chi connectivity index (χ2v) is 7.32. The topological polar surface area (TPSA) is 151 Å². The van der Waals surface area contributed by atoms with Gasteiger partial charge >= 0.3 is 5.97 Å². The molecule has 5 unspecified atom stereocenters. The molecule has 0 rings (SSSR count). The van der Waals surface area contributed by atoms with Gasteiger partial charge in [0.25, 0.3) is 0 Å². The second-order valence-electron chi connectivity index (χ2n) is 6.95. The zero-order valence-electron chi connectivity index (χ0n) is 16.5. The van der Waals surface area contributed by atoms with Gasteiger partial charge in [-0.1, -0.05) is 34.1 Å². The molecule has 156 valence electrons. The van der Waals surface area contributed by atoms with Crippen LogP contribution in [0.1, 0.15) is 41.0 Å². The lowest BCUT2D eigenvalue weighted by atomic mass is 9.99. The van der Waals surface area contributed by atoms with E-state index in [4.69, 9.17) is 10.8 Å². The van der Waals surface area contributed by atoms with Crippen molar-refractivity contribution >= 4 is 36.3 Å². The molecule has 0 aliphatic rings. The van der Waals surface area contributed by atoms with Gasteiger partial charge in [-0.15, -0.1) is 0 Å². The molecule has 0 saturated heterocycles. The highest BCUT2D eigenvalue weighted by Crippen LogP contribution is 2.07. The number of carboxylic acids is 1. The van der Waals surface area contributed by atoms with Crippen molar-refractivity contribution in [3.8, 4) is 0 Å². The predicted molar refractivity (Wildman–Crippen MR) is 105 cm³/mol. The number of carbonyl (C=O) groups excluding carboxylic acids is 3. The van der Waals surface area contributed by atoms with Crippen molar-refractivity contribution < 1.29 is 24.3 Å².